The molecule has 8 heteroatoms. The van der Waals surface area contributed by atoms with Crippen molar-refractivity contribution in [3.63, 3.8) is 0 Å². The van der Waals surface area contributed by atoms with Crippen molar-refractivity contribution in [3.8, 4) is 0 Å². The van der Waals surface area contributed by atoms with Crippen molar-refractivity contribution in [1.29, 1.82) is 0 Å². The maximum absolute atomic E-state index is 13.6. The van der Waals surface area contributed by atoms with Gasteiger partial charge in [0.15, 0.2) is 6.10 Å². The molecular formula is C20H18F2N2O4. The number of ether oxygens (including phenoxy) is 1. The Labute approximate surface area is 159 Å². The topological polar surface area (TPSA) is 84.5 Å². The maximum atomic E-state index is 13.6. The summed E-state index contributed by atoms with van der Waals surface area (Å²) >= 11 is 0. The highest BCUT2D eigenvalue weighted by Crippen LogP contribution is 2.30. The lowest BCUT2D eigenvalue weighted by molar-refractivity contribution is -0.123. The summed E-state index contributed by atoms with van der Waals surface area (Å²) in [6.45, 7) is 1.33. The molecule has 1 unspecified atom stereocenters. The second-order valence-electron chi connectivity index (χ2n) is 6.51. The molecule has 1 fully saturated rings. The van der Waals surface area contributed by atoms with Gasteiger partial charge in [-0.1, -0.05) is 6.07 Å². The normalized spacial score (nSPS) is 14.1. The molecule has 0 aromatic heterocycles. The minimum atomic E-state index is -1.22. The van der Waals surface area contributed by atoms with E-state index in [0.29, 0.717) is 11.8 Å². The average Bonchev–Trinajstić information content (AvgIpc) is 3.49. The third kappa shape index (κ3) is 4.91. The molecule has 0 heterocycles. The second kappa shape index (κ2) is 8.16. The summed E-state index contributed by atoms with van der Waals surface area (Å²) in [6.07, 6.45) is 0.491. The highest BCUT2D eigenvalue weighted by atomic mass is 19.1. The van der Waals surface area contributed by atoms with Crippen LogP contribution in [0.4, 0.5) is 20.2 Å². The van der Waals surface area contributed by atoms with Crippen LogP contribution in [-0.4, -0.2) is 23.9 Å². The predicted molar refractivity (Wildman–Crippen MR) is 97.7 cm³/mol. The van der Waals surface area contributed by atoms with Gasteiger partial charge in [0.05, 0.1) is 11.3 Å². The summed E-state index contributed by atoms with van der Waals surface area (Å²) in [4.78, 5) is 36.2. The van der Waals surface area contributed by atoms with E-state index < -0.39 is 29.6 Å². The molecule has 0 aliphatic heterocycles. The molecule has 0 saturated heterocycles. The van der Waals surface area contributed by atoms with Crippen LogP contribution in [-0.2, 0) is 14.3 Å². The van der Waals surface area contributed by atoms with Gasteiger partial charge in [-0.3, -0.25) is 9.59 Å². The number of carbonyl (C=O) groups excluding carboxylic acids is 3. The van der Waals surface area contributed by atoms with Gasteiger partial charge in [-0.25, -0.2) is 13.6 Å². The van der Waals surface area contributed by atoms with Crippen LogP contribution in [0, 0.1) is 17.6 Å². The van der Waals surface area contributed by atoms with E-state index in [1.165, 1.54) is 19.1 Å². The van der Waals surface area contributed by atoms with Crippen LogP contribution >= 0.6 is 0 Å². The zero-order valence-corrected chi connectivity index (χ0v) is 15.0. The first-order valence-electron chi connectivity index (χ1n) is 8.71. The third-order valence-corrected chi connectivity index (χ3v) is 4.16. The van der Waals surface area contributed by atoms with Crippen LogP contribution in [0.15, 0.2) is 42.5 Å². The van der Waals surface area contributed by atoms with E-state index >= 15 is 0 Å². The first-order valence-corrected chi connectivity index (χ1v) is 8.71. The number of hydrogen-bond donors (Lipinski definition) is 2. The molecule has 1 saturated carbocycles. The molecule has 3 rings (SSSR count). The Bertz CT molecular complexity index is 928. The number of rotatable bonds is 6. The summed E-state index contributed by atoms with van der Waals surface area (Å²) in [5, 5.41) is 4.96. The lowest BCUT2D eigenvalue weighted by atomic mass is 10.2. The average molecular weight is 388 g/mol. The van der Waals surface area contributed by atoms with Gasteiger partial charge < -0.3 is 15.4 Å². The lowest BCUT2D eigenvalue weighted by Crippen LogP contribution is -2.30. The number of anilines is 2. The summed E-state index contributed by atoms with van der Waals surface area (Å²) in [7, 11) is 0. The Morgan fingerprint density at radius 2 is 1.82 bits per heavy atom. The number of benzene rings is 2. The van der Waals surface area contributed by atoms with Crippen molar-refractivity contribution in [2.45, 2.75) is 25.9 Å². The zero-order valence-electron chi connectivity index (χ0n) is 15.0. The third-order valence-electron chi connectivity index (χ3n) is 4.16. The molecule has 6 nitrogen and oxygen atoms in total. The van der Waals surface area contributed by atoms with Gasteiger partial charge in [-0.2, -0.15) is 0 Å². The van der Waals surface area contributed by atoms with E-state index in [1.807, 2.05) is 0 Å². The monoisotopic (exact) mass is 388 g/mol. The Morgan fingerprint density at radius 1 is 1.07 bits per heavy atom. The fourth-order valence-corrected chi connectivity index (χ4v) is 2.42. The van der Waals surface area contributed by atoms with Gasteiger partial charge >= 0.3 is 5.97 Å². The first-order chi connectivity index (χ1) is 13.3. The van der Waals surface area contributed by atoms with Crippen LogP contribution in [0.2, 0.25) is 0 Å². The van der Waals surface area contributed by atoms with Crippen molar-refractivity contribution in [1.82, 2.24) is 0 Å². The van der Waals surface area contributed by atoms with E-state index in [1.54, 1.807) is 12.1 Å². The smallest absolute Gasteiger partial charge is 0.338 e. The number of esters is 1. The number of hydrogen-bond acceptors (Lipinski definition) is 4. The van der Waals surface area contributed by atoms with E-state index in [0.717, 1.165) is 25.0 Å². The lowest BCUT2D eigenvalue weighted by Gasteiger charge is -2.14. The quantitative estimate of drug-likeness (QED) is 0.742. The molecule has 1 aliphatic rings. The van der Waals surface area contributed by atoms with Crippen LogP contribution in [0.5, 0.6) is 0 Å². The van der Waals surface area contributed by atoms with Crippen molar-refractivity contribution in [2.75, 3.05) is 10.6 Å². The van der Waals surface area contributed by atoms with Crippen LogP contribution in [0.1, 0.15) is 30.1 Å². The molecule has 0 radical (unpaired) electrons. The Balaban J connectivity index is 1.60. The molecule has 28 heavy (non-hydrogen) atoms. The maximum Gasteiger partial charge on any atom is 0.338 e. The van der Waals surface area contributed by atoms with Gasteiger partial charge in [0.1, 0.15) is 11.6 Å². The Hall–Kier alpha value is -3.29. The van der Waals surface area contributed by atoms with Crippen LogP contribution < -0.4 is 10.6 Å². The van der Waals surface area contributed by atoms with Crippen LogP contribution in [0.3, 0.4) is 0 Å². The van der Waals surface area contributed by atoms with E-state index in [9.17, 15) is 23.2 Å². The van der Waals surface area contributed by atoms with E-state index in [-0.39, 0.29) is 23.1 Å². The highest BCUT2D eigenvalue weighted by molar-refractivity contribution is 5.99. The molecule has 146 valence electrons. The molecule has 0 spiro atoms. The minimum absolute atomic E-state index is 0.0196. The van der Waals surface area contributed by atoms with E-state index in [2.05, 4.69) is 10.6 Å². The predicted octanol–water partition coefficient (Wildman–Crippen LogP) is 3.50. The first kappa shape index (κ1) is 19.5. The van der Waals surface area contributed by atoms with E-state index in [4.69, 9.17) is 4.74 Å². The fourth-order valence-electron chi connectivity index (χ4n) is 2.42. The summed E-state index contributed by atoms with van der Waals surface area (Å²) in [5.74, 6) is -3.33. The van der Waals surface area contributed by atoms with Gasteiger partial charge in [-0.05, 0) is 50.1 Å². The van der Waals surface area contributed by atoms with Gasteiger partial charge in [-0.15, -0.1) is 0 Å². The van der Waals surface area contributed by atoms with Gasteiger partial charge in [0, 0.05) is 17.7 Å². The molecule has 2 amide bonds. The Kier molecular flexibility index (Phi) is 5.67. The standard InChI is InChI=1S/C20H18F2N2O4/c1-11(18(25)24-17-8-7-14(21)10-16(17)22)28-20(27)13-3-2-4-15(9-13)23-19(26)12-5-6-12/h2-4,7-12H,5-6H2,1H3,(H,23,26)(H,24,25). The fraction of sp³-hybridized carbons (Fsp3) is 0.250. The highest BCUT2D eigenvalue weighted by Gasteiger charge is 2.29. The summed E-state index contributed by atoms with van der Waals surface area (Å²) in [6, 6.07) is 8.86. The molecule has 2 aromatic rings. The van der Waals surface area contributed by atoms with Gasteiger partial charge in [0.2, 0.25) is 5.91 Å². The molecular weight excluding hydrogens is 370 g/mol. The summed E-state index contributed by atoms with van der Waals surface area (Å²) in [5.41, 5.74) is 0.386. The summed E-state index contributed by atoms with van der Waals surface area (Å²) < 4.78 is 31.6. The molecule has 1 aliphatic carbocycles. The van der Waals surface area contributed by atoms with Gasteiger partial charge in [0.25, 0.3) is 5.91 Å². The SMILES string of the molecule is CC(OC(=O)c1cccc(NC(=O)C2CC2)c1)C(=O)Nc1ccc(F)cc1F. The molecule has 2 aromatic carbocycles. The molecule has 2 N–H and O–H groups in total. The number of halogens is 2. The number of amides is 2. The molecule has 0 bridgehead atoms. The number of nitrogens with one attached hydrogen (secondary N) is 2. The van der Waals surface area contributed by atoms with Crippen molar-refractivity contribution < 1.29 is 27.9 Å². The van der Waals surface area contributed by atoms with Crippen molar-refractivity contribution >= 4 is 29.2 Å². The molecule has 1 atom stereocenters. The van der Waals surface area contributed by atoms with Crippen LogP contribution in [0.25, 0.3) is 0 Å². The minimum Gasteiger partial charge on any atom is -0.449 e. The zero-order chi connectivity index (χ0) is 20.3. The second-order valence-corrected chi connectivity index (χ2v) is 6.51. The van der Waals surface area contributed by atoms with Crippen molar-refractivity contribution in [2.24, 2.45) is 5.92 Å². The Morgan fingerprint density at radius 3 is 2.50 bits per heavy atom. The van der Waals surface area contributed by atoms with Crippen molar-refractivity contribution in [3.05, 3.63) is 59.7 Å². The largest absolute Gasteiger partial charge is 0.449 e. The number of carbonyl (C=O) groups is 3.